The molecule has 1 heterocycles. The number of carbonyl (C=O) groups excluding carboxylic acids is 1. The van der Waals surface area contributed by atoms with E-state index >= 15 is 0 Å². The van der Waals surface area contributed by atoms with Crippen molar-refractivity contribution in [1.29, 1.82) is 0 Å². The second-order valence-electron chi connectivity index (χ2n) is 5.78. The fraction of sp³-hybridized carbons (Fsp3) is 0.263. The van der Waals surface area contributed by atoms with Gasteiger partial charge in [-0.2, -0.15) is 0 Å². The van der Waals surface area contributed by atoms with Crippen molar-refractivity contribution in [2.45, 2.75) is 26.4 Å². The molecule has 124 valence electrons. The van der Waals surface area contributed by atoms with Gasteiger partial charge >= 0.3 is 0 Å². The number of rotatable bonds is 5. The first-order chi connectivity index (χ1) is 11.6. The smallest absolute Gasteiger partial charge is 0.217 e. The van der Waals surface area contributed by atoms with Crippen molar-refractivity contribution < 1.29 is 9.53 Å². The Morgan fingerprint density at radius 1 is 1.21 bits per heavy atom. The molecule has 2 aromatic carbocycles. The molecule has 1 amide bonds. The lowest BCUT2D eigenvalue weighted by molar-refractivity contribution is -0.119. The van der Waals surface area contributed by atoms with Crippen LogP contribution in [0.15, 0.2) is 48.5 Å². The van der Waals surface area contributed by atoms with E-state index in [4.69, 9.17) is 9.72 Å². The monoisotopic (exact) mass is 323 g/mol. The number of amides is 1. The number of para-hydroxylation sites is 3. The van der Waals surface area contributed by atoms with Gasteiger partial charge in [0.25, 0.3) is 0 Å². The molecule has 0 saturated heterocycles. The van der Waals surface area contributed by atoms with Gasteiger partial charge < -0.3 is 14.6 Å². The highest BCUT2D eigenvalue weighted by atomic mass is 16.5. The van der Waals surface area contributed by atoms with Crippen LogP contribution in [-0.4, -0.2) is 22.6 Å². The van der Waals surface area contributed by atoms with Crippen molar-refractivity contribution in [2.75, 3.05) is 7.11 Å². The van der Waals surface area contributed by atoms with E-state index in [0.29, 0.717) is 6.54 Å². The number of nitrogens with zero attached hydrogens (tertiary/aromatic N) is 2. The quantitative estimate of drug-likeness (QED) is 0.784. The van der Waals surface area contributed by atoms with E-state index in [-0.39, 0.29) is 11.9 Å². The predicted molar refractivity (Wildman–Crippen MR) is 94.1 cm³/mol. The molecule has 1 atom stereocenters. The highest BCUT2D eigenvalue weighted by molar-refractivity contribution is 5.77. The molecular formula is C19H21N3O2. The van der Waals surface area contributed by atoms with Gasteiger partial charge in [0.15, 0.2) is 0 Å². The van der Waals surface area contributed by atoms with Gasteiger partial charge in [-0.25, -0.2) is 4.98 Å². The lowest BCUT2D eigenvalue weighted by atomic mass is 10.2. The van der Waals surface area contributed by atoms with E-state index in [9.17, 15) is 4.79 Å². The lowest BCUT2D eigenvalue weighted by Gasteiger charge is -2.16. The number of ether oxygens (including phenoxy) is 1. The van der Waals surface area contributed by atoms with Gasteiger partial charge in [0, 0.05) is 12.5 Å². The number of fused-ring (bicyclic) bond motifs is 1. The van der Waals surface area contributed by atoms with Crippen LogP contribution in [-0.2, 0) is 11.3 Å². The summed E-state index contributed by atoms with van der Waals surface area (Å²) in [6.45, 7) is 4.09. The van der Waals surface area contributed by atoms with Gasteiger partial charge in [0.05, 0.1) is 30.7 Å². The largest absolute Gasteiger partial charge is 0.496 e. The van der Waals surface area contributed by atoms with Crippen molar-refractivity contribution in [3.8, 4) is 5.75 Å². The van der Waals surface area contributed by atoms with Gasteiger partial charge in [-0.05, 0) is 25.1 Å². The zero-order valence-corrected chi connectivity index (χ0v) is 14.1. The minimum atomic E-state index is -0.176. The summed E-state index contributed by atoms with van der Waals surface area (Å²) in [7, 11) is 1.67. The Morgan fingerprint density at radius 3 is 2.67 bits per heavy atom. The molecule has 24 heavy (non-hydrogen) atoms. The Bertz CT molecular complexity index is 870. The molecule has 0 fully saturated rings. The highest BCUT2D eigenvalue weighted by Crippen LogP contribution is 2.25. The average Bonchev–Trinajstić information content (AvgIpc) is 2.94. The Balaban J connectivity index is 2.09. The molecule has 5 heteroatoms. The standard InChI is InChI=1S/C19H21N3O2/c1-13(20-14(2)23)19-21-16-9-5-6-10-17(16)22(19)12-15-8-4-7-11-18(15)24-3/h4-11,13H,12H2,1-3H3,(H,20,23). The molecule has 1 aromatic heterocycles. The van der Waals surface area contributed by atoms with Gasteiger partial charge in [0.2, 0.25) is 5.91 Å². The van der Waals surface area contributed by atoms with Gasteiger partial charge in [-0.3, -0.25) is 4.79 Å². The number of nitrogens with one attached hydrogen (secondary N) is 1. The first kappa shape index (κ1) is 16.1. The molecule has 0 bridgehead atoms. The van der Waals surface area contributed by atoms with Gasteiger partial charge in [-0.15, -0.1) is 0 Å². The molecule has 3 rings (SSSR count). The zero-order valence-electron chi connectivity index (χ0n) is 14.1. The maximum atomic E-state index is 11.4. The van der Waals surface area contributed by atoms with Crippen LogP contribution in [0.1, 0.15) is 31.3 Å². The summed E-state index contributed by atoms with van der Waals surface area (Å²) in [5.41, 5.74) is 3.02. The third kappa shape index (κ3) is 3.11. The zero-order chi connectivity index (χ0) is 17.1. The van der Waals surface area contributed by atoms with Crippen LogP contribution < -0.4 is 10.1 Å². The maximum absolute atomic E-state index is 11.4. The molecule has 0 aliphatic rings. The van der Waals surface area contributed by atoms with E-state index in [2.05, 4.69) is 9.88 Å². The number of hydrogen-bond donors (Lipinski definition) is 1. The van der Waals surface area contributed by atoms with Crippen LogP contribution >= 0.6 is 0 Å². The molecule has 5 nitrogen and oxygen atoms in total. The average molecular weight is 323 g/mol. The van der Waals surface area contributed by atoms with Crippen LogP contribution in [0.25, 0.3) is 11.0 Å². The van der Waals surface area contributed by atoms with E-state index in [1.807, 2.05) is 55.5 Å². The molecular weight excluding hydrogens is 302 g/mol. The first-order valence-electron chi connectivity index (χ1n) is 7.94. The SMILES string of the molecule is COc1ccccc1Cn1c(C(C)NC(C)=O)nc2ccccc21. The van der Waals surface area contributed by atoms with E-state index in [0.717, 1.165) is 28.2 Å². The fourth-order valence-corrected chi connectivity index (χ4v) is 2.96. The molecule has 0 aliphatic carbocycles. The van der Waals surface area contributed by atoms with Crippen molar-refractivity contribution in [3.63, 3.8) is 0 Å². The molecule has 0 saturated carbocycles. The second kappa shape index (κ2) is 6.74. The number of hydrogen-bond acceptors (Lipinski definition) is 3. The summed E-state index contributed by atoms with van der Waals surface area (Å²) in [5, 5.41) is 2.92. The molecule has 0 spiro atoms. The number of methoxy groups -OCH3 is 1. The van der Waals surface area contributed by atoms with Crippen LogP contribution in [0, 0.1) is 0 Å². The van der Waals surface area contributed by atoms with E-state index in [1.54, 1.807) is 7.11 Å². The van der Waals surface area contributed by atoms with E-state index < -0.39 is 0 Å². The Morgan fingerprint density at radius 2 is 1.92 bits per heavy atom. The fourth-order valence-electron chi connectivity index (χ4n) is 2.96. The van der Waals surface area contributed by atoms with Gasteiger partial charge in [-0.1, -0.05) is 30.3 Å². The van der Waals surface area contributed by atoms with Crippen LogP contribution in [0.3, 0.4) is 0 Å². The molecule has 0 radical (unpaired) electrons. The van der Waals surface area contributed by atoms with E-state index in [1.165, 1.54) is 6.92 Å². The first-order valence-corrected chi connectivity index (χ1v) is 7.94. The molecule has 1 N–H and O–H groups in total. The Kier molecular flexibility index (Phi) is 4.51. The predicted octanol–water partition coefficient (Wildman–Crippen LogP) is 3.29. The van der Waals surface area contributed by atoms with Crippen LogP contribution in [0.5, 0.6) is 5.75 Å². The van der Waals surface area contributed by atoms with Crippen molar-refractivity contribution in [1.82, 2.24) is 14.9 Å². The Labute approximate surface area is 141 Å². The summed E-state index contributed by atoms with van der Waals surface area (Å²) in [6.07, 6.45) is 0. The summed E-state index contributed by atoms with van der Waals surface area (Å²) < 4.78 is 7.60. The second-order valence-corrected chi connectivity index (χ2v) is 5.78. The normalized spacial score (nSPS) is 12.1. The maximum Gasteiger partial charge on any atom is 0.217 e. The van der Waals surface area contributed by atoms with Crippen LogP contribution in [0.2, 0.25) is 0 Å². The summed E-state index contributed by atoms with van der Waals surface area (Å²) in [6, 6.07) is 15.8. The number of benzene rings is 2. The van der Waals surface area contributed by atoms with Gasteiger partial charge in [0.1, 0.15) is 11.6 Å². The highest BCUT2D eigenvalue weighted by Gasteiger charge is 2.18. The topological polar surface area (TPSA) is 56.1 Å². The minimum absolute atomic E-state index is 0.0709. The molecule has 1 unspecified atom stereocenters. The third-order valence-corrected chi connectivity index (χ3v) is 4.01. The van der Waals surface area contributed by atoms with Crippen molar-refractivity contribution >= 4 is 16.9 Å². The minimum Gasteiger partial charge on any atom is -0.496 e. The summed E-state index contributed by atoms with van der Waals surface area (Å²) in [5.74, 6) is 1.60. The number of imidazole rings is 1. The number of carbonyl (C=O) groups is 1. The van der Waals surface area contributed by atoms with Crippen LogP contribution in [0.4, 0.5) is 0 Å². The lowest BCUT2D eigenvalue weighted by Crippen LogP contribution is -2.26. The molecule has 0 aliphatic heterocycles. The third-order valence-electron chi connectivity index (χ3n) is 4.01. The summed E-state index contributed by atoms with van der Waals surface area (Å²) in [4.78, 5) is 16.2. The Hall–Kier alpha value is -2.82. The molecule has 3 aromatic rings. The van der Waals surface area contributed by atoms with Crippen molar-refractivity contribution in [3.05, 3.63) is 59.9 Å². The van der Waals surface area contributed by atoms with Crippen molar-refractivity contribution in [2.24, 2.45) is 0 Å². The summed E-state index contributed by atoms with van der Waals surface area (Å²) >= 11 is 0. The number of aromatic nitrogens is 2.